The minimum absolute atomic E-state index is 0.0108. The Morgan fingerprint density at radius 1 is 1.17 bits per heavy atom. The summed E-state index contributed by atoms with van der Waals surface area (Å²) in [6.07, 6.45) is 1.56. The fourth-order valence-electron chi connectivity index (χ4n) is 3.64. The van der Waals surface area contributed by atoms with Gasteiger partial charge in [0.25, 0.3) is 5.56 Å². The summed E-state index contributed by atoms with van der Waals surface area (Å²) in [7, 11) is 2.84. The first-order valence-corrected chi connectivity index (χ1v) is 8.17. The molecule has 0 bridgehead atoms. The van der Waals surface area contributed by atoms with E-state index < -0.39 is 17.1 Å². The quantitative estimate of drug-likeness (QED) is 0.875. The largest absolute Gasteiger partial charge is 0.860 e. The summed E-state index contributed by atoms with van der Waals surface area (Å²) in [5.41, 5.74) is 0.393. The molecule has 0 amide bonds. The lowest BCUT2D eigenvalue weighted by Crippen LogP contribution is -2.42. The second-order valence-corrected chi connectivity index (χ2v) is 6.61. The van der Waals surface area contributed by atoms with Crippen molar-refractivity contribution in [2.75, 3.05) is 0 Å². The van der Waals surface area contributed by atoms with Gasteiger partial charge in [-0.2, -0.15) is 0 Å². The number of aromatic nitrogens is 2. The molecular formula is C18H22N3O3-. The van der Waals surface area contributed by atoms with Crippen LogP contribution < -0.4 is 21.7 Å². The van der Waals surface area contributed by atoms with Crippen LogP contribution in [0.15, 0.2) is 39.9 Å². The molecule has 24 heavy (non-hydrogen) atoms. The molecule has 128 valence electrons. The van der Waals surface area contributed by atoms with Gasteiger partial charge < -0.3 is 15.0 Å². The van der Waals surface area contributed by atoms with Crippen LogP contribution in [0.1, 0.15) is 30.4 Å². The van der Waals surface area contributed by atoms with E-state index >= 15 is 0 Å². The van der Waals surface area contributed by atoms with Gasteiger partial charge in [0.05, 0.1) is 0 Å². The lowest BCUT2D eigenvalue weighted by Gasteiger charge is -2.24. The summed E-state index contributed by atoms with van der Waals surface area (Å²) in [5.74, 6) is -0.654. The number of nitrogens with one attached hydrogen (secondary N) is 1. The highest BCUT2D eigenvalue weighted by atomic mass is 16.3. The molecule has 1 fully saturated rings. The predicted octanol–water partition coefficient (Wildman–Crippen LogP) is 0.234. The lowest BCUT2D eigenvalue weighted by atomic mass is 9.91. The molecular weight excluding hydrogens is 306 g/mol. The van der Waals surface area contributed by atoms with Crippen molar-refractivity contribution in [3.05, 3.63) is 62.3 Å². The zero-order valence-corrected chi connectivity index (χ0v) is 14.2. The van der Waals surface area contributed by atoms with E-state index in [9.17, 15) is 14.7 Å². The molecule has 1 aromatic heterocycles. The van der Waals surface area contributed by atoms with Gasteiger partial charge in [-0.25, -0.2) is 4.79 Å². The Balaban J connectivity index is 1.91. The fraction of sp³-hybridized carbons (Fsp3) is 0.444. The van der Waals surface area contributed by atoms with Crippen LogP contribution in [0.4, 0.5) is 0 Å². The Hall–Kier alpha value is -2.34. The Morgan fingerprint density at radius 2 is 1.83 bits per heavy atom. The molecule has 6 heteroatoms. The highest BCUT2D eigenvalue weighted by Gasteiger charge is 2.34. The summed E-state index contributed by atoms with van der Waals surface area (Å²) in [6, 6.07) is 10.3. The van der Waals surface area contributed by atoms with Gasteiger partial charge in [0.1, 0.15) is 0 Å². The third-order valence-electron chi connectivity index (χ3n) is 4.98. The normalized spacial score (nSPS) is 23.5. The summed E-state index contributed by atoms with van der Waals surface area (Å²) < 4.78 is 2.04. The van der Waals surface area contributed by atoms with E-state index in [0.717, 1.165) is 15.6 Å². The molecule has 3 unspecified atom stereocenters. The Kier molecular flexibility index (Phi) is 4.32. The van der Waals surface area contributed by atoms with Gasteiger partial charge in [-0.15, -0.1) is 0 Å². The highest BCUT2D eigenvalue weighted by molar-refractivity contribution is 5.30. The standard InChI is InChI=1S/C18H23N3O3/c1-11-14(10-13(19-11)9-12-7-5-4-6-8-12)15-16(22)20(2)18(24)21(3)17(15)23/h4-8,11,13-14,19,22H,9-10H2,1-3H3/p-1. The second-order valence-electron chi connectivity index (χ2n) is 6.61. The average molecular weight is 328 g/mol. The minimum Gasteiger partial charge on any atom is -0.860 e. The molecule has 0 radical (unpaired) electrons. The smallest absolute Gasteiger partial charge is 0.329 e. The zero-order valence-electron chi connectivity index (χ0n) is 14.2. The van der Waals surface area contributed by atoms with Crippen LogP contribution in [0.25, 0.3) is 0 Å². The zero-order chi connectivity index (χ0) is 17.4. The van der Waals surface area contributed by atoms with Crippen molar-refractivity contribution in [1.29, 1.82) is 0 Å². The summed E-state index contributed by atoms with van der Waals surface area (Å²) >= 11 is 0. The van der Waals surface area contributed by atoms with Gasteiger partial charge in [0.2, 0.25) is 0 Å². The molecule has 2 heterocycles. The molecule has 0 aliphatic carbocycles. The molecule has 6 nitrogen and oxygen atoms in total. The second kappa shape index (κ2) is 6.28. The van der Waals surface area contributed by atoms with E-state index in [4.69, 9.17) is 0 Å². The van der Waals surface area contributed by atoms with Crippen LogP contribution in [0.5, 0.6) is 5.88 Å². The minimum atomic E-state index is -0.576. The van der Waals surface area contributed by atoms with Crippen molar-refractivity contribution in [1.82, 2.24) is 14.5 Å². The molecule has 1 aliphatic rings. The Morgan fingerprint density at radius 3 is 2.50 bits per heavy atom. The van der Waals surface area contributed by atoms with E-state index in [1.165, 1.54) is 19.7 Å². The van der Waals surface area contributed by atoms with Crippen LogP contribution in [0.2, 0.25) is 0 Å². The molecule has 1 aromatic carbocycles. The number of benzene rings is 1. The maximum atomic E-state index is 12.5. The Bertz CT molecular complexity index is 854. The number of rotatable bonds is 3. The van der Waals surface area contributed by atoms with Crippen LogP contribution in [0, 0.1) is 0 Å². The predicted molar refractivity (Wildman–Crippen MR) is 90.3 cm³/mol. The van der Waals surface area contributed by atoms with Crippen molar-refractivity contribution < 1.29 is 5.11 Å². The van der Waals surface area contributed by atoms with Gasteiger partial charge in [0, 0.05) is 37.7 Å². The van der Waals surface area contributed by atoms with E-state index in [2.05, 4.69) is 17.4 Å². The molecule has 1 N–H and O–H groups in total. The van der Waals surface area contributed by atoms with Gasteiger partial charge >= 0.3 is 5.69 Å². The maximum Gasteiger partial charge on any atom is 0.329 e. The molecule has 1 saturated heterocycles. The average Bonchev–Trinajstić information content (AvgIpc) is 2.92. The lowest BCUT2D eigenvalue weighted by molar-refractivity contribution is -0.281. The molecule has 3 atom stereocenters. The van der Waals surface area contributed by atoms with Gasteiger partial charge in [-0.3, -0.25) is 9.36 Å². The molecule has 3 rings (SSSR count). The summed E-state index contributed by atoms with van der Waals surface area (Å²) in [6.45, 7) is 1.99. The van der Waals surface area contributed by atoms with Crippen LogP contribution in [0.3, 0.4) is 0 Å². The van der Waals surface area contributed by atoms with E-state index in [-0.39, 0.29) is 23.6 Å². The van der Waals surface area contributed by atoms with Crippen LogP contribution >= 0.6 is 0 Å². The van der Waals surface area contributed by atoms with Crippen molar-refractivity contribution in [3.8, 4) is 5.88 Å². The summed E-state index contributed by atoms with van der Waals surface area (Å²) in [5, 5.41) is 16.0. The molecule has 0 spiro atoms. The first-order valence-electron chi connectivity index (χ1n) is 8.17. The van der Waals surface area contributed by atoms with Crippen molar-refractivity contribution in [2.24, 2.45) is 14.1 Å². The monoisotopic (exact) mass is 328 g/mol. The van der Waals surface area contributed by atoms with E-state index in [1.54, 1.807) is 0 Å². The fourth-order valence-corrected chi connectivity index (χ4v) is 3.64. The first kappa shape index (κ1) is 16.5. The maximum absolute atomic E-state index is 12.5. The van der Waals surface area contributed by atoms with Gasteiger partial charge in [-0.1, -0.05) is 30.3 Å². The SMILES string of the molecule is CC1NC(Cc2ccccc2)CC1c1c([O-])n(C)c(=O)n(C)c1=O. The van der Waals surface area contributed by atoms with Gasteiger partial charge in [0.15, 0.2) is 0 Å². The van der Waals surface area contributed by atoms with Crippen molar-refractivity contribution >= 4 is 0 Å². The van der Waals surface area contributed by atoms with Gasteiger partial charge in [-0.05, 0) is 31.2 Å². The third kappa shape index (κ3) is 2.78. The third-order valence-corrected chi connectivity index (χ3v) is 4.98. The van der Waals surface area contributed by atoms with Crippen molar-refractivity contribution in [2.45, 2.75) is 37.8 Å². The molecule has 0 saturated carbocycles. The highest BCUT2D eigenvalue weighted by Crippen LogP contribution is 2.33. The van der Waals surface area contributed by atoms with Crippen LogP contribution in [-0.2, 0) is 20.5 Å². The number of nitrogens with zero attached hydrogens (tertiary/aromatic N) is 2. The summed E-state index contributed by atoms with van der Waals surface area (Å²) in [4.78, 5) is 24.4. The van der Waals surface area contributed by atoms with Crippen molar-refractivity contribution in [3.63, 3.8) is 0 Å². The van der Waals surface area contributed by atoms with Crippen LogP contribution in [-0.4, -0.2) is 21.2 Å². The number of hydrogen-bond donors (Lipinski definition) is 1. The Labute approximate surface area is 140 Å². The van der Waals surface area contributed by atoms with E-state index in [1.807, 2.05) is 25.1 Å². The topological polar surface area (TPSA) is 79.1 Å². The molecule has 2 aromatic rings. The number of hydrogen-bond acceptors (Lipinski definition) is 4. The van der Waals surface area contributed by atoms with E-state index in [0.29, 0.717) is 6.42 Å². The first-order chi connectivity index (χ1) is 11.4. The molecule has 1 aliphatic heterocycles.